The Labute approximate surface area is 125 Å². The van der Waals surface area contributed by atoms with Crippen molar-refractivity contribution in [2.45, 2.75) is 46.2 Å². The molecule has 1 amide bonds. The molecular formula is C15H23N3O3. The van der Waals surface area contributed by atoms with Crippen LogP contribution >= 0.6 is 0 Å². The van der Waals surface area contributed by atoms with Crippen molar-refractivity contribution < 1.29 is 9.72 Å². The second kappa shape index (κ2) is 7.17. The van der Waals surface area contributed by atoms with E-state index in [2.05, 4.69) is 10.6 Å². The largest absolute Gasteiger partial charge is 0.351 e. The normalized spacial score (nSPS) is 11.2. The zero-order chi connectivity index (χ0) is 16.0. The molecule has 2 N–H and O–H groups in total. The van der Waals surface area contributed by atoms with Crippen molar-refractivity contribution in [3.05, 3.63) is 39.4 Å². The molecule has 21 heavy (non-hydrogen) atoms. The van der Waals surface area contributed by atoms with Gasteiger partial charge in [-0.15, -0.1) is 0 Å². The number of nitro groups is 1. The fourth-order valence-electron chi connectivity index (χ4n) is 1.96. The van der Waals surface area contributed by atoms with Gasteiger partial charge in [0.1, 0.15) is 0 Å². The number of nitro benzene ring substituents is 1. The van der Waals surface area contributed by atoms with Crippen LogP contribution in [0.1, 0.15) is 38.3 Å². The van der Waals surface area contributed by atoms with Gasteiger partial charge in [-0.1, -0.05) is 12.1 Å². The van der Waals surface area contributed by atoms with E-state index in [0.29, 0.717) is 25.1 Å². The number of nitrogens with zero attached hydrogens (tertiary/aromatic N) is 1. The van der Waals surface area contributed by atoms with Crippen molar-refractivity contribution in [3.8, 4) is 0 Å². The van der Waals surface area contributed by atoms with Crippen LogP contribution in [-0.4, -0.2) is 22.9 Å². The third-order valence-corrected chi connectivity index (χ3v) is 2.97. The first kappa shape index (κ1) is 17.1. The van der Waals surface area contributed by atoms with E-state index in [4.69, 9.17) is 0 Å². The van der Waals surface area contributed by atoms with Crippen molar-refractivity contribution in [1.29, 1.82) is 0 Å². The van der Waals surface area contributed by atoms with E-state index in [1.54, 1.807) is 13.0 Å². The minimum atomic E-state index is -0.379. The van der Waals surface area contributed by atoms with Gasteiger partial charge < -0.3 is 10.6 Å². The smallest absolute Gasteiger partial charge is 0.272 e. The van der Waals surface area contributed by atoms with E-state index in [-0.39, 0.29) is 22.1 Å². The maximum absolute atomic E-state index is 11.6. The maximum atomic E-state index is 11.6. The summed E-state index contributed by atoms with van der Waals surface area (Å²) in [5.74, 6) is -0.00855. The molecule has 116 valence electrons. The van der Waals surface area contributed by atoms with E-state index in [9.17, 15) is 14.9 Å². The summed E-state index contributed by atoms with van der Waals surface area (Å²) in [4.78, 5) is 22.1. The molecule has 1 aromatic carbocycles. The van der Waals surface area contributed by atoms with Gasteiger partial charge in [0.05, 0.1) is 4.92 Å². The molecule has 0 saturated heterocycles. The quantitative estimate of drug-likeness (QED) is 0.479. The van der Waals surface area contributed by atoms with Gasteiger partial charge >= 0.3 is 0 Å². The van der Waals surface area contributed by atoms with Gasteiger partial charge in [-0.25, -0.2) is 0 Å². The van der Waals surface area contributed by atoms with Crippen LogP contribution in [0.3, 0.4) is 0 Å². The maximum Gasteiger partial charge on any atom is 0.272 e. The summed E-state index contributed by atoms with van der Waals surface area (Å²) in [6, 6.07) is 5.02. The number of hydrogen-bond donors (Lipinski definition) is 2. The van der Waals surface area contributed by atoms with Crippen LogP contribution < -0.4 is 10.6 Å². The highest BCUT2D eigenvalue weighted by Crippen LogP contribution is 2.20. The molecule has 0 fully saturated rings. The first-order chi connectivity index (χ1) is 9.70. The molecule has 0 aliphatic rings. The highest BCUT2D eigenvalue weighted by atomic mass is 16.6. The lowest BCUT2D eigenvalue weighted by Gasteiger charge is -2.20. The molecule has 1 aromatic rings. The van der Waals surface area contributed by atoms with E-state index < -0.39 is 0 Å². The van der Waals surface area contributed by atoms with Crippen LogP contribution in [0, 0.1) is 17.0 Å². The van der Waals surface area contributed by atoms with Gasteiger partial charge in [0.2, 0.25) is 5.91 Å². The summed E-state index contributed by atoms with van der Waals surface area (Å²) in [6.07, 6.45) is 0.380. The van der Waals surface area contributed by atoms with Crippen LogP contribution in [-0.2, 0) is 11.3 Å². The number of hydrogen-bond acceptors (Lipinski definition) is 4. The lowest BCUT2D eigenvalue weighted by Crippen LogP contribution is -2.41. The van der Waals surface area contributed by atoms with Crippen molar-refractivity contribution in [2.24, 2.45) is 0 Å². The Morgan fingerprint density at radius 1 is 1.33 bits per heavy atom. The molecule has 6 heteroatoms. The fourth-order valence-corrected chi connectivity index (χ4v) is 1.96. The number of nitrogens with one attached hydrogen (secondary N) is 2. The molecule has 6 nitrogen and oxygen atoms in total. The molecule has 0 saturated carbocycles. The van der Waals surface area contributed by atoms with Crippen molar-refractivity contribution in [3.63, 3.8) is 0 Å². The molecule has 0 spiro atoms. The Morgan fingerprint density at radius 3 is 2.57 bits per heavy atom. The van der Waals surface area contributed by atoms with Crippen LogP contribution in [0.5, 0.6) is 0 Å². The molecular weight excluding hydrogens is 270 g/mol. The van der Waals surface area contributed by atoms with Crippen molar-refractivity contribution in [2.75, 3.05) is 6.54 Å². The second-order valence-electron chi connectivity index (χ2n) is 6.04. The monoisotopic (exact) mass is 293 g/mol. The Balaban J connectivity index is 2.45. The minimum Gasteiger partial charge on any atom is -0.351 e. The number of benzene rings is 1. The summed E-state index contributed by atoms with van der Waals surface area (Å²) in [5, 5.41) is 16.9. The van der Waals surface area contributed by atoms with E-state index in [1.807, 2.05) is 26.8 Å². The topological polar surface area (TPSA) is 84.3 Å². The average molecular weight is 293 g/mol. The first-order valence-electron chi connectivity index (χ1n) is 6.95. The Morgan fingerprint density at radius 2 is 2.00 bits per heavy atom. The van der Waals surface area contributed by atoms with E-state index in [0.717, 1.165) is 5.56 Å². The zero-order valence-electron chi connectivity index (χ0n) is 13.0. The van der Waals surface area contributed by atoms with Crippen molar-refractivity contribution >= 4 is 11.6 Å². The summed E-state index contributed by atoms with van der Waals surface area (Å²) < 4.78 is 0. The number of carbonyl (C=O) groups is 1. The molecule has 1 rings (SSSR count). The van der Waals surface area contributed by atoms with Crippen LogP contribution in [0.4, 0.5) is 5.69 Å². The van der Waals surface area contributed by atoms with E-state index >= 15 is 0 Å². The Hall–Kier alpha value is -1.95. The predicted octanol–water partition coefficient (Wildman–Crippen LogP) is 2.30. The molecule has 0 unspecified atom stereocenters. The number of rotatable bonds is 6. The number of carbonyl (C=O) groups excluding carboxylic acids is 1. The molecule has 0 heterocycles. The zero-order valence-corrected chi connectivity index (χ0v) is 13.0. The standard InChI is InChI=1S/C15H23N3O3/c1-11-12(6-5-7-13(11)18(20)21)10-16-9-8-14(19)17-15(2,3)4/h5-7,16H,8-10H2,1-4H3,(H,17,19). The average Bonchev–Trinajstić information content (AvgIpc) is 2.33. The molecule has 0 atom stereocenters. The highest BCUT2D eigenvalue weighted by molar-refractivity contribution is 5.76. The highest BCUT2D eigenvalue weighted by Gasteiger charge is 2.14. The molecule has 0 aliphatic carbocycles. The predicted molar refractivity (Wildman–Crippen MR) is 82.1 cm³/mol. The van der Waals surface area contributed by atoms with Crippen LogP contribution in [0.15, 0.2) is 18.2 Å². The van der Waals surface area contributed by atoms with E-state index in [1.165, 1.54) is 6.07 Å². The third kappa shape index (κ3) is 5.91. The summed E-state index contributed by atoms with van der Waals surface area (Å²) in [5.41, 5.74) is 1.43. The second-order valence-corrected chi connectivity index (χ2v) is 6.04. The van der Waals surface area contributed by atoms with Gasteiger partial charge in [0.25, 0.3) is 5.69 Å². The SMILES string of the molecule is Cc1c(CNCCC(=O)NC(C)(C)C)cccc1[N+](=O)[O-]. The van der Waals surface area contributed by atoms with Crippen LogP contribution in [0.25, 0.3) is 0 Å². The summed E-state index contributed by atoms with van der Waals surface area (Å²) >= 11 is 0. The van der Waals surface area contributed by atoms with Crippen molar-refractivity contribution in [1.82, 2.24) is 10.6 Å². The fraction of sp³-hybridized carbons (Fsp3) is 0.533. The van der Waals surface area contributed by atoms with Gasteiger partial charge in [-0.3, -0.25) is 14.9 Å². The van der Waals surface area contributed by atoms with Gasteiger partial charge in [0, 0.05) is 36.7 Å². The molecule has 0 aliphatic heterocycles. The minimum absolute atomic E-state index is 0.00855. The Bertz CT molecular complexity index is 521. The lowest BCUT2D eigenvalue weighted by molar-refractivity contribution is -0.385. The molecule has 0 aromatic heterocycles. The van der Waals surface area contributed by atoms with Gasteiger partial charge in [0.15, 0.2) is 0 Å². The summed E-state index contributed by atoms with van der Waals surface area (Å²) in [7, 11) is 0. The Kier molecular flexibility index (Phi) is 5.84. The third-order valence-electron chi connectivity index (χ3n) is 2.97. The van der Waals surface area contributed by atoms with Crippen LogP contribution in [0.2, 0.25) is 0 Å². The van der Waals surface area contributed by atoms with Gasteiger partial charge in [-0.2, -0.15) is 0 Å². The lowest BCUT2D eigenvalue weighted by atomic mass is 10.1. The van der Waals surface area contributed by atoms with Gasteiger partial charge in [-0.05, 0) is 33.3 Å². The first-order valence-corrected chi connectivity index (χ1v) is 6.95. The summed E-state index contributed by atoms with van der Waals surface area (Å²) in [6.45, 7) is 8.59. The molecule has 0 bridgehead atoms. The number of amides is 1. The molecule has 0 radical (unpaired) electrons.